The van der Waals surface area contributed by atoms with E-state index in [4.69, 9.17) is 9.47 Å². The topological polar surface area (TPSA) is 18.5 Å². The van der Waals surface area contributed by atoms with Crippen molar-refractivity contribution in [3.8, 4) is 11.1 Å². The smallest absolute Gasteiger partial charge is 0.106 e. The summed E-state index contributed by atoms with van der Waals surface area (Å²) >= 11 is 0. The standard InChI is InChI=1S/C30H42O2/c1-3-5-6-8-23-9-11-24(12-10-23)25-13-15-26(16-14-25)27-17-19-28(20-18-27)30-22-31-29(7-4-2)21-32-30/h13-20,23-24,29-30H,3-12,21-22H2,1-2H3. The third kappa shape index (κ3) is 6.23. The first-order valence-corrected chi connectivity index (χ1v) is 13.2. The minimum absolute atomic E-state index is 0.0663. The van der Waals surface area contributed by atoms with Crippen LogP contribution in [0.1, 0.15) is 101 Å². The van der Waals surface area contributed by atoms with E-state index in [9.17, 15) is 0 Å². The van der Waals surface area contributed by atoms with Crippen molar-refractivity contribution in [3.63, 3.8) is 0 Å². The summed E-state index contributed by atoms with van der Waals surface area (Å²) in [5.41, 5.74) is 5.33. The van der Waals surface area contributed by atoms with Gasteiger partial charge in [0.15, 0.2) is 0 Å². The maximum absolute atomic E-state index is 6.07. The van der Waals surface area contributed by atoms with Gasteiger partial charge in [-0.25, -0.2) is 0 Å². The number of rotatable bonds is 9. The molecule has 0 N–H and O–H groups in total. The average Bonchev–Trinajstić information content (AvgIpc) is 2.86. The van der Waals surface area contributed by atoms with Gasteiger partial charge in [-0.1, -0.05) is 94.5 Å². The molecule has 1 heterocycles. The Morgan fingerprint density at radius 2 is 1.31 bits per heavy atom. The molecule has 0 bridgehead atoms. The molecule has 2 unspecified atom stereocenters. The van der Waals surface area contributed by atoms with Crippen molar-refractivity contribution in [3.05, 3.63) is 59.7 Å². The van der Waals surface area contributed by atoms with Gasteiger partial charge < -0.3 is 9.47 Å². The van der Waals surface area contributed by atoms with Crippen molar-refractivity contribution in [2.75, 3.05) is 13.2 Å². The minimum Gasteiger partial charge on any atom is -0.373 e. The lowest BCUT2D eigenvalue weighted by Crippen LogP contribution is -2.30. The Hall–Kier alpha value is -1.64. The Labute approximate surface area is 195 Å². The van der Waals surface area contributed by atoms with E-state index in [0.29, 0.717) is 13.2 Å². The SMILES string of the molecule is CCCCCC1CCC(c2ccc(-c3ccc(C4COC(CCC)CO4)cc3)cc2)CC1. The highest BCUT2D eigenvalue weighted by Gasteiger charge is 2.23. The van der Waals surface area contributed by atoms with Crippen LogP contribution in [0.2, 0.25) is 0 Å². The molecule has 0 amide bonds. The molecule has 0 aromatic heterocycles. The minimum atomic E-state index is 0.0663. The number of hydrogen-bond donors (Lipinski definition) is 0. The molecule has 0 spiro atoms. The monoisotopic (exact) mass is 434 g/mol. The second-order valence-corrected chi connectivity index (χ2v) is 10.0. The van der Waals surface area contributed by atoms with E-state index in [1.54, 1.807) is 0 Å². The Kier molecular flexibility index (Phi) is 8.82. The van der Waals surface area contributed by atoms with Gasteiger partial charge in [0.05, 0.1) is 19.3 Å². The second-order valence-electron chi connectivity index (χ2n) is 10.0. The van der Waals surface area contributed by atoms with Crippen LogP contribution < -0.4 is 0 Å². The fourth-order valence-corrected chi connectivity index (χ4v) is 5.53. The van der Waals surface area contributed by atoms with Crippen molar-refractivity contribution in [1.82, 2.24) is 0 Å². The van der Waals surface area contributed by atoms with Crippen molar-refractivity contribution in [2.45, 2.75) is 96.2 Å². The predicted octanol–water partition coefficient (Wildman–Crippen LogP) is 8.46. The van der Waals surface area contributed by atoms with Crippen LogP contribution in [-0.4, -0.2) is 19.3 Å². The highest BCUT2D eigenvalue weighted by Crippen LogP contribution is 2.38. The molecule has 2 fully saturated rings. The van der Waals surface area contributed by atoms with Gasteiger partial charge in [0, 0.05) is 0 Å². The number of unbranched alkanes of at least 4 members (excludes halogenated alkanes) is 2. The molecular formula is C30H42O2. The van der Waals surface area contributed by atoms with Gasteiger partial charge in [0.2, 0.25) is 0 Å². The quantitative estimate of drug-likeness (QED) is 0.368. The van der Waals surface area contributed by atoms with Crippen LogP contribution in [0.25, 0.3) is 11.1 Å². The van der Waals surface area contributed by atoms with Crippen LogP contribution in [-0.2, 0) is 9.47 Å². The normalized spacial score (nSPS) is 26.2. The molecule has 2 atom stereocenters. The molecule has 2 heteroatoms. The summed E-state index contributed by atoms with van der Waals surface area (Å²) in [5, 5.41) is 0. The van der Waals surface area contributed by atoms with Crippen molar-refractivity contribution in [1.29, 1.82) is 0 Å². The summed E-state index contributed by atoms with van der Waals surface area (Å²) < 4.78 is 12.0. The fraction of sp³-hybridized carbons (Fsp3) is 0.600. The lowest BCUT2D eigenvalue weighted by Gasteiger charge is -2.29. The lowest BCUT2D eigenvalue weighted by atomic mass is 9.77. The molecule has 2 aliphatic rings. The number of ether oxygens (including phenoxy) is 2. The lowest BCUT2D eigenvalue weighted by molar-refractivity contribution is -0.137. The maximum atomic E-state index is 6.07. The van der Waals surface area contributed by atoms with Gasteiger partial charge in [-0.2, -0.15) is 0 Å². The summed E-state index contributed by atoms with van der Waals surface area (Å²) in [7, 11) is 0. The molecule has 0 radical (unpaired) electrons. The van der Waals surface area contributed by atoms with E-state index in [2.05, 4.69) is 62.4 Å². The molecule has 1 aliphatic heterocycles. The molecular weight excluding hydrogens is 392 g/mol. The molecule has 174 valence electrons. The van der Waals surface area contributed by atoms with Crippen LogP contribution in [0.15, 0.2) is 48.5 Å². The van der Waals surface area contributed by atoms with Crippen LogP contribution in [0.3, 0.4) is 0 Å². The van der Waals surface area contributed by atoms with E-state index < -0.39 is 0 Å². The zero-order valence-corrected chi connectivity index (χ0v) is 20.2. The van der Waals surface area contributed by atoms with Crippen LogP contribution in [0, 0.1) is 5.92 Å². The highest BCUT2D eigenvalue weighted by molar-refractivity contribution is 5.64. The molecule has 2 aromatic carbocycles. The van der Waals surface area contributed by atoms with Crippen molar-refractivity contribution < 1.29 is 9.47 Å². The largest absolute Gasteiger partial charge is 0.373 e. The van der Waals surface area contributed by atoms with Gasteiger partial charge in [0.25, 0.3) is 0 Å². The first-order chi connectivity index (χ1) is 15.8. The van der Waals surface area contributed by atoms with Crippen molar-refractivity contribution in [2.24, 2.45) is 5.92 Å². The van der Waals surface area contributed by atoms with Crippen LogP contribution >= 0.6 is 0 Å². The Morgan fingerprint density at radius 1 is 0.656 bits per heavy atom. The zero-order chi connectivity index (χ0) is 22.2. The van der Waals surface area contributed by atoms with E-state index in [1.807, 2.05) is 0 Å². The van der Waals surface area contributed by atoms with E-state index >= 15 is 0 Å². The summed E-state index contributed by atoms with van der Waals surface area (Å²) in [6, 6.07) is 18.2. The zero-order valence-electron chi connectivity index (χ0n) is 20.2. The van der Waals surface area contributed by atoms with Gasteiger partial charge in [-0.15, -0.1) is 0 Å². The molecule has 2 aromatic rings. The average molecular weight is 435 g/mol. The summed E-state index contributed by atoms with van der Waals surface area (Å²) in [6.07, 6.45) is 13.8. The van der Waals surface area contributed by atoms with E-state index in [0.717, 1.165) is 24.7 Å². The Bertz CT molecular complexity index is 779. The fourth-order valence-electron chi connectivity index (χ4n) is 5.53. The molecule has 32 heavy (non-hydrogen) atoms. The molecule has 1 aliphatic carbocycles. The molecule has 1 saturated carbocycles. The van der Waals surface area contributed by atoms with Gasteiger partial charge in [-0.05, 0) is 66.2 Å². The maximum Gasteiger partial charge on any atom is 0.106 e. The molecule has 4 rings (SSSR count). The number of hydrogen-bond acceptors (Lipinski definition) is 2. The van der Waals surface area contributed by atoms with Crippen LogP contribution in [0.4, 0.5) is 0 Å². The molecule has 1 saturated heterocycles. The first kappa shape index (κ1) is 23.5. The first-order valence-electron chi connectivity index (χ1n) is 13.2. The third-order valence-electron chi connectivity index (χ3n) is 7.64. The van der Waals surface area contributed by atoms with Crippen LogP contribution in [0.5, 0.6) is 0 Å². The summed E-state index contributed by atoms with van der Waals surface area (Å²) in [5.74, 6) is 1.74. The van der Waals surface area contributed by atoms with Gasteiger partial charge in [0.1, 0.15) is 6.10 Å². The summed E-state index contributed by atoms with van der Waals surface area (Å²) in [4.78, 5) is 0. The Morgan fingerprint density at radius 3 is 1.88 bits per heavy atom. The highest BCUT2D eigenvalue weighted by atomic mass is 16.6. The van der Waals surface area contributed by atoms with E-state index in [1.165, 1.54) is 73.6 Å². The number of benzene rings is 2. The summed E-state index contributed by atoms with van der Waals surface area (Å²) in [6.45, 7) is 5.88. The van der Waals surface area contributed by atoms with Crippen molar-refractivity contribution >= 4 is 0 Å². The van der Waals surface area contributed by atoms with Gasteiger partial charge >= 0.3 is 0 Å². The molecule has 2 nitrogen and oxygen atoms in total. The van der Waals surface area contributed by atoms with E-state index in [-0.39, 0.29) is 12.2 Å². The van der Waals surface area contributed by atoms with Gasteiger partial charge in [-0.3, -0.25) is 0 Å². The third-order valence-corrected chi connectivity index (χ3v) is 7.64. The predicted molar refractivity (Wildman–Crippen MR) is 134 cm³/mol. The second kappa shape index (κ2) is 12.0. The Balaban J connectivity index is 1.29.